The number of carbonyl (C=O) groups excluding carboxylic acids is 1. The molecule has 0 aliphatic heterocycles. The molecule has 0 saturated heterocycles. The van der Waals surface area contributed by atoms with Crippen molar-refractivity contribution < 1.29 is 9.53 Å². The van der Waals surface area contributed by atoms with E-state index in [2.05, 4.69) is 10.3 Å². The molecule has 2 heterocycles. The fourth-order valence-corrected chi connectivity index (χ4v) is 3.35. The molecule has 0 aromatic carbocycles. The monoisotopic (exact) mass is 332 g/mol. The lowest BCUT2D eigenvalue weighted by atomic mass is 9.95. The number of nitrogens with one attached hydrogen (secondary N) is 1. The summed E-state index contributed by atoms with van der Waals surface area (Å²) in [6, 6.07) is 3.83. The number of amides is 1. The highest BCUT2D eigenvalue weighted by Crippen LogP contribution is 2.17. The first kappa shape index (κ1) is 16.7. The van der Waals surface area contributed by atoms with Gasteiger partial charge in [0.15, 0.2) is 5.65 Å². The molecule has 0 unspecified atom stereocenters. The summed E-state index contributed by atoms with van der Waals surface area (Å²) in [5, 5.41) is 3.06. The summed E-state index contributed by atoms with van der Waals surface area (Å²) in [6.07, 6.45) is 7.26. The highest BCUT2D eigenvalue weighted by Gasteiger charge is 2.19. The van der Waals surface area contributed by atoms with Gasteiger partial charge in [0.25, 0.3) is 0 Å². The minimum absolute atomic E-state index is 0.0253. The van der Waals surface area contributed by atoms with E-state index in [4.69, 9.17) is 4.74 Å². The minimum atomic E-state index is -0.223. The van der Waals surface area contributed by atoms with E-state index in [1.54, 1.807) is 23.9 Å². The molecular weight excluding hydrogens is 308 g/mol. The quantitative estimate of drug-likeness (QED) is 0.865. The third-order valence-electron chi connectivity index (χ3n) is 4.57. The fraction of sp³-hybridized carbons (Fsp3) is 0.588. The number of ether oxygens (including phenoxy) is 1. The van der Waals surface area contributed by atoms with Crippen molar-refractivity contribution in [2.75, 3.05) is 13.7 Å². The molecule has 2 aromatic heterocycles. The average Bonchev–Trinajstić information content (AvgIpc) is 2.86. The van der Waals surface area contributed by atoms with Gasteiger partial charge in [-0.2, -0.15) is 0 Å². The average molecular weight is 332 g/mol. The molecule has 7 heteroatoms. The van der Waals surface area contributed by atoms with E-state index < -0.39 is 0 Å². The van der Waals surface area contributed by atoms with Crippen molar-refractivity contribution in [3.8, 4) is 0 Å². The summed E-state index contributed by atoms with van der Waals surface area (Å²) >= 11 is 0. The summed E-state index contributed by atoms with van der Waals surface area (Å²) in [4.78, 5) is 29.3. The van der Waals surface area contributed by atoms with Crippen LogP contribution in [0, 0.1) is 0 Å². The third-order valence-corrected chi connectivity index (χ3v) is 4.57. The molecule has 3 rings (SSSR count). The molecule has 0 radical (unpaired) electrons. The summed E-state index contributed by atoms with van der Waals surface area (Å²) in [7, 11) is 1.59. The molecule has 1 saturated carbocycles. The number of imidazole rings is 1. The molecule has 1 N–H and O–H groups in total. The predicted molar refractivity (Wildman–Crippen MR) is 90.9 cm³/mol. The molecule has 0 bridgehead atoms. The van der Waals surface area contributed by atoms with Crippen LogP contribution in [0.5, 0.6) is 0 Å². The van der Waals surface area contributed by atoms with E-state index in [0.717, 1.165) is 25.7 Å². The zero-order valence-electron chi connectivity index (χ0n) is 14.0. The van der Waals surface area contributed by atoms with Gasteiger partial charge in [0, 0.05) is 19.3 Å². The maximum absolute atomic E-state index is 12.7. The largest absolute Gasteiger partial charge is 0.383 e. The van der Waals surface area contributed by atoms with Gasteiger partial charge in [0.05, 0.1) is 18.7 Å². The number of aromatic nitrogens is 3. The van der Waals surface area contributed by atoms with Crippen LogP contribution in [0.2, 0.25) is 0 Å². The Balaban J connectivity index is 1.81. The number of nitrogens with zero attached hydrogens (tertiary/aromatic N) is 3. The first-order valence-corrected chi connectivity index (χ1v) is 8.53. The Bertz CT molecular complexity index is 759. The molecule has 1 amide bonds. The van der Waals surface area contributed by atoms with E-state index in [0.29, 0.717) is 24.3 Å². The lowest BCUT2D eigenvalue weighted by molar-refractivity contribution is -0.122. The van der Waals surface area contributed by atoms with E-state index in [1.807, 2.05) is 6.07 Å². The van der Waals surface area contributed by atoms with Crippen molar-refractivity contribution in [1.29, 1.82) is 0 Å². The van der Waals surface area contributed by atoms with Gasteiger partial charge in [0.2, 0.25) is 5.91 Å². The zero-order valence-corrected chi connectivity index (χ0v) is 14.0. The summed E-state index contributed by atoms with van der Waals surface area (Å²) < 4.78 is 8.12. The summed E-state index contributed by atoms with van der Waals surface area (Å²) in [5.74, 6) is -0.112. The van der Waals surface area contributed by atoms with Crippen molar-refractivity contribution >= 4 is 17.1 Å². The SMILES string of the molecule is COCCn1c(=O)n(CC(=O)NC2CCCCC2)c2cccnc21. The number of methoxy groups -OCH3 is 1. The molecule has 1 fully saturated rings. The van der Waals surface area contributed by atoms with Crippen molar-refractivity contribution in [2.24, 2.45) is 0 Å². The van der Waals surface area contributed by atoms with E-state index in [-0.39, 0.29) is 24.2 Å². The Morgan fingerprint density at radius 3 is 2.88 bits per heavy atom. The van der Waals surface area contributed by atoms with Gasteiger partial charge in [-0.05, 0) is 25.0 Å². The molecular formula is C17H24N4O3. The number of hydrogen-bond acceptors (Lipinski definition) is 4. The Morgan fingerprint density at radius 2 is 2.12 bits per heavy atom. The van der Waals surface area contributed by atoms with Gasteiger partial charge in [-0.25, -0.2) is 9.78 Å². The Morgan fingerprint density at radius 1 is 1.33 bits per heavy atom. The van der Waals surface area contributed by atoms with Crippen LogP contribution in [0.15, 0.2) is 23.1 Å². The zero-order chi connectivity index (χ0) is 16.9. The van der Waals surface area contributed by atoms with E-state index >= 15 is 0 Å². The van der Waals surface area contributed by atoms with Crippen LogP contribution in [0.4, 0.5) is 0 Å². The number of pyridine rings is 1. The number of fused-ring (bicyclic) bond motifs is 1. The van der Waals surface area contributed by atoms with Crippen LogP contribution in [0.3, 0.4) is 0 Å². The van der Waals surface area contributed by atoms with Crippen LogP contribution >= 0.6 is 0 Å². The van der Waals surface area contributed by atoms with Crippen molar-refractivity contribution in [2.45, 2.75) is 51.2 Å². The van der Waals surface area contributed by atoms with E-state index in [1.165, 1.54) is 11.0 Å². The normalized spacial score (nSPS) is 15.7. The Labute approximate surface area is 140 Å². The topological polar surface area (TPSA) is 78.1 Å². The second-order valence-corrected chi connectivity index (χ2v) is 6.26. The molecule has 0 spiro atoms. The number of hydrogen-bond donors (Lipinski definition) is 1. The molecule has 2 aromatic rings. The van der Waals surface area contributed by atoms with Gasteiger partial charge in [-0.1, -0.05) is 19.3 Å². The molecule has 1 aliphatic rings. The standard InChI is InChI=1S/C17H24N4O3/c1-24-11-10-20-16-14(8-5-9-18-16)21(17(20)23)12-15(22)19-13-6-3-2-4-7-13/h5,8-9,13H,2-4,6-7,10-12H2,1H3,(H,19,22). The summed E-state index contributed by atoms with van der Waals surface area (Å²) in [6.45, 7) is 0.863. The minimum Gasteiger partial charge on any atom is -0.383 e. The highest BCUT2D eigenvalue weighted by atomic mass is 16.5. The van der Waals surface area contributed by atoms with Crippen molar-refractivity contribution in [3.05, 3.63) is 28.8 Å². The maximum Gasteiger partial charge on any atom is 0.330 e. The molecule has 7 nitrogen and oxygen atoms in total. The lowest BCUT2D eigenvalue weighted by Gasteiger charge is -2.22. The van der Waals surface area contributed by atoms with Crippen molar-refractivity contribution in [3.63, 3.8) is 0 Å². The van der Waals surface area contributed by atoms with Crippen LogP contribution in [0.25, 0.3) is 11.2 Å². The molecule has 0 atom stereocenters. The summed E-state index contributed by atoms with van der Waals surface area (Å²) in [5.41, 5.74) is 1.04. The second-order valence-electron chi connectivity index (χ2n) is 6.26. The Kier molecular flexibility index (Phi) is 5.30. The molecule has 24 heavy (non-hydrogen) atoms. The first-order valence-electron chi connectivity index (χ1n) is 8.53. The van der Waals surface area contributed by atoms with Gasteiger partial charge in [-0.15, -0.1) is 0 Å². The van der Waals surface area contributed by atoms with Crippen LogP contribution in [-0.2, 0) is 22.6 Å². The number of rotatable bonds is 6. The maximum atomic E-state index is 12.7. The Hall–Kier alpha value is -2.15. The fourth-order valence-electron chi connectivity index (χ4n) is 3.35. The van der Waals surface area contributed by atoms with Crippen LogP contribution in [0.1, 0.15) is 32.1 Å². The predicted octanol–water partition coefficient (Wildman–Crippen LogP) is 1.29. The van der Waals surface area contributed by atoms with Crippen molar-refractivity contribution in [1.82, 2.24) is 19.4 Å². The van der Waals surface area contributed by atoms with Crippen LogP contribution in [-0.4, -0.2) is 39.8 Å². The third kappa shape index (κ3) is 3.51. The van der Waals surface area contributed by atoms with Gasteiger partial charge in [-0.3, -0.25) is 13.9 Å². The van der Waals surface area contributed by atoms with Gasteiger partial charge in [0.1, 0.15) is 6.54 Å². The second kappa shape index (κ2) is 7.61. The van der Waals surface area contributed by atoms with E-state index in [9.17, 15) is 9.59 Å². The van der Waals surface area contributed by atoms with Gasteiger partial charge >= 0.3 is 5.69 Å². The van der Waals surface area contributed by atoms with Crippen LogP contribution < -0.4 is 11.0 Å². The molecule has 1 aliphatic carbocycles. The lowest BCUT2D eigenvalue weighted by Crippen LogP contribution is -2.40. The molecule has 130 valence electrons. The number of carbonyl (C=O) groups is 1. The van der Waals surface area contributed by atoms with Gasteiger partial charge < -0.3 is 10.1 Å². The first-order chi connectivity index (χ1) is 11.7. The highest BCUT2D eigenvalue weighted by molar-refractivity contribution is 5.79. The smallest absolute Gasteiger partial charge is 0.330 e.